The van der Waals surface area contributed by atoms with E-state index in [2.05, 4.69) is 18.8 Å². The van der Waals surface area contributed by atoms with Crippen molar-refractivity contribution in [3.8, 4) is 0 Å². The smallest absolute Gasteiger partial charge is 0.0885 e. The van der Waals surface area contributed by atoms with E-state index in [1.165, 1.54) is 31.9 Å². The van der Waals surface area contributed by atoms with Crippen LogP contribution in [-0.2, 0) is 4.74 Å². The average molecular weight is 197 g/mol. The lowest BCUT2D eigenvalue weighted by Gasteiger charge is -2.12. The van der Waals surface area contributed by atoms with Crippen LogP contribution in [0.4, 0.5) is 0 Å². The number of rotatable bonds is 7. The summed E-state index contributed by atoms with van der Waals surface area (Å²) >= 11 is 0. The molecule has 2 nitrogen and oxygen atoms in total. The summed E-state index contributed by atoms with van der Waals surface area (Å²) in [6.45, 7) is 7.68. The summed E-state index contributed by atoms with van der Waals surface area (Å²) < 4.78 is 5.06. The summed E-state index contributed by atoms with van der Waals surface area (Å²) in [5.74, 6) is 0.969. The minimum atomic E-state index is 0.767. The highest BCUT2D eigenvalue weighted by atomic mass is 16.5. The van der Waals surface area contributed by atoms with Crippen molar-refractivity contribution < 1.29 is 4.74 Å². The van der Waals surface area contributed by atoms with E-state index in [-0.39, 0.29) is 0 Å². The van der Waals surface area contributed by atoms with Gasteiger partial charge in [-0.05, 0) is 38.1 Å². The maximum atomic E-state index is 5.06. The van der Waals surface area contributed by atoms with Crippen molar-refractivity contribution >= 4 is 0 Å². The van der Waals surface area contributed by atoms with Crippen molar-refractivity contribution in [1.82, 2.24) is 5.32 Å². The molecule has 2 heteroatoms. The topological polar surface area (TPSA) is 21.3 Å². The van der Waals surface area contributed by atoms with Crippen LogP contribution in [0.25, 0.3) is 0 Å². The van der Waals surface area contributed by atoms with Crippen LogP contribution in [0.1, 0.15) is 39.0 Å². The molecule has 14 heavy (non-hydrogen) atoms. The van der Waals surface area contributed by atoms with Gasteiger partial charge in [0.05, 0.1) is 12.9 Å². The van der Waals surface area contributed by atoms with Gasteiger partial charge in [-0.1, -0.05) is 19.9 Å². The molecule has 0 aromatic heterocycles. The van der Waals surface area contributed by atoms with Crippen LogP contribution in [0, 0.1) is 5.92 Å². The molecule has 2 unspecified atom stereocenters. The highest BCUT2D eigenvalue weighted by Crippen LogP contribution is 2.27. The van der Waals surface area contributed by atoms with E-state index >= 15 is 0 Å². The van der Waals surface area contributed by atoms with E-state index in [0.29, 0.717) is 0 Å². The minimum absolute atomic E-state index is 0.767. The lowest BCUT2D eigenvalue weighted by atomic mass is 10.1. The van der Waals surface area contributed by atoms with Crippen molar-refractivity contribution in [2.24, 2.45) is 5.92 Å². The molecule has 0 spiro atoms. The van der Waals surface area contributed by atoms with Crippen molar-refractivity contribution in [2.45, 2.75) is 45.1 Å². The largest absolute Gasteiger partial charge is 0.502 e. The Hall–Kier alpha value is -0.500. The molecule has 0 heterocycles. The predicted octanol–water partition coefficient (Wildman–Crippen LogP) is 2.70. The van der Waals surface area contributed by atoms with Gasteiger partial charge in [0.2, 0.25) is 0 Å². The van der Waals surface area contributed by atoms with E-state index in [4.69, 9.17) is 4.74 Å². The molecule has 0 radical (unpaired) electrons. The fourth-order valence-corrected chi connectivity index (χ4v) is 2.18. The SMILES string of the molecule is C=COCCCNC1CCC(CC)C1. The Labute approximate surface area is 87.7 Å². The van der Waals surface area contributed by atoms with Crippen molar-refractivity contribution in [3.05, 3.63) is 12.8 Å². The van der Waals surface area contributed by atoms with Gasteiger partial charge in [-0.2, -0.15) is 0 Å². The van der Waals surface area contributed by atoms with Crippen LogP contribution in [-0.4, -0.2) is 19.2 Å². The van der Waals surface area contributed by atoms with Gasteiger partial charge in [-0.25, -0.2) is 0 Å². The fraction of sp³-hybridized carbons (Fsp3) is 0.833. The van der Waals surface area contributed by atoms with Crippen molar-refractivity contribution in [2.75, 3.05) is 13.2 Å². The molecule has 1 aliphatic carbocycles. The normalized spacial score (nSPS) is 26.4. The third-order valence-corrected chi connectivity index (χ3v) is 3.11. The molecule has 0 amide bonds. The monoisotopic (exact) mass is 197 g/mol. The molecule has 1 aliphatic rings. The van der Waals surface area contributed by atoms with Crippen LogP contribution < -0.4 is 5.32 Å². The summed E-state index contributed by atoms with van der Waals surface area (Å²) in [5.41, 5.74) is 0. The molecular formula is C12H23NO. The first-order valence-electron chi connectivity index (χ1n) is 5.82. The van der Waals surface area contributed by atoms with Gasteiger partial charge in [0.15, 0.2) is 0 Å². The van der Waals surface area contributed by atoms with Crippen molar-refractivity contribution in [3.63, 3.8) is 0 Å². The maximum Gasteiger partial charge on any atom is 0.0885 e. The molecule has 82 valence electrons. The molecular weight excluding hydrogens is 174 g/mol. The highest BCUT2D eigenvalue weighted by Gasteiger charge is 2.22. The quantitative estimate of drug-likeness (QED) is 0.500. The number of hydrogen-bond acceptors (Lipinski definition) is 2. The van der Waals surface area contributed by atoms with Gasteiger partial charge in [-0.15, -0.1) is 0 Å². The molecule has 1 rings (SSSR count). The average Bonchev–Trinajstić information content (AvgIpc) is 2.65. The molecule has 0 aliphatic heterocycles. The molecule has 0 aromatic carbocycles. The van der Waals surface area contributed by atoms with Gasteiger partial charge < -0.3 is 10.1 Å². The molecule has 0 saturated heterocycles. The van der Waals surface area contributed by atoms with E-state index in [1.807, 2.05) is 0 Å². The van der Waals surface area contributed by atoms with E-state index in [1.54, 1.807) is 0 Å². The first-order chi connectivity index (χ1) is 6.86. The summed E-state index contributed by atoms with van der Waals surface area (Å²) in [5, 5.41) is 3.59. The van der Waals surface area contributed by atoms with Crippen LogP contribution in [0.3, 0.4) is 0 Å². The predicted molar refractivity (Wildman–Crippen MR) is 60.2 cm³/mol. The second kappa shape index (κ2) is 6.88. The molecule has 1 N–H and O–H groups in total. The maximum absolute atomic E-state index is 5.06. The second-order valence-corrected chi connectivity index (χ2v) is 4.13. The molecule has 0 bridgehead atoms. The van der Waals surface area contributed by atoms with Crippen LogP contribution in [0.2, 0.25) is 0 Å². The summed E-state index contributed by atoms with van der Waals surface area (Å²) in [4.78, 5) is 0. The lowest BCUT2D eigenvalue weighted by molar-refractivity contribution is 0.242. The Balaban J connectivity index is 1.94. The summed E-state index contributed by atoms with van der Waals surface area (Å²) in [6.07, 6.45) is 8.09. The van der Waals surface area contributed by atoms with Crippen molar-refractivity contribution in [1.29, 1.82) is 0 Å². The zero-order valence-corrected chi connectivity index (χ0v) is 9.30. The molecule has 1 saturated carbocycles. The third-order valence-electron chi connectivity index (χ3n) is 3.11. The fourth-order valence-electron chi connectivity index (χ4n) is 2.18. The second-order valence-electron chi connectivity index (χ2n) is 4.13. The third kappa shape index (κ3) is 4.14. The van der Waals surface area contributed by atoms with Crippen LogP contribution in [0.15, 0.2) is 12.8 Å². The van der Waals surface area contributed by atoms with Gasteiger partial charge in [0.25, 0.3) is 0 Å². The van der Waals surface area contributed by atoms with Gasteiger partial charge >= 0.3 is 0 Å². The first kappa shape index (κ1) is 11.6. The lowest BCUT2D eigenvalue weighted by Crippen LogP contribution is -2.28. The van der Waals surface area contributed by atoms with Crippen LogP contribution >= 0.6 is 0 Å². The molecule has 0 aromatic rings. The Bertz CT molecular complexity index is 158. The summed E-state index contributed by atoms with van der Waals surface area (Å²) in [7, 11) is 0. The van der Waals surface area contributed by atoms with E-state index in [9.17, 15) is 0 Å². The van der Waals surface area contributed by atoms with E-state index in [0.717, 1.165) is 31.5 Å². The minimum Gasteiger partial charge on any atom is -0.502 e. The summed E-state index contributed by atoms with van der Waals surface area (Å²) in [6, 6.07) is 0.767. The Morgan fingerprint density at radius 2 is 2.36 bits per heavy atom. The zero-order valence-electron chi connectivity index (χ0n) is 9.30. The standard InChI is InChI=1S/C12H23NO/c1-3-11-6-7-12(10-11)13-8-5-9-14-4-2/h4,11-13H,2-3,5-10H2,1H3. The molecule has 1 fully saturated rings. The Morgan fingerprint density at radius 3 is 3.00 bits per heavy atom. The molecule has 2 atom stereocenters. The first-order valence-corrected chi connectivity index (χ1v) is 5.82. The number of nitrogens with one attached hydrogen (secondary N) is 1. The Morgan fingerprint density at radius 1 is 1.50 bits per heavy atom. The number of ether oxygens (including phenoxy) is 1. The van der Waals surface area contributed by atoms with Crippen LogP contribution in [0.5, 0.6) is 0 Å². The number of hydrogen-bond donors (Lipinski definition) is 1. The van der Waals surface area contributed by atoms with Gasteiger partial charge in [-0.3, -0.25) is 0 Å². The van der Waals surface area contributed by atoms with Gasteiger partial charge in [0.1, 0.15) is 0 Å². The highest BCUT2D eigenvalue weighted by molar-refractivity contribution is 4.79. The van der Waals surface area contributed by atoms with E-state index < -0.39 is 0 Å². The zero-order chi connectivity index (χ0) is 10.2. The van der Waals surface area contributed by atoms with Gasteiger partial charge in [0, 0.05) is 6.04 Å². The Kier molecular flexibility index (Phi) is 5.69.